The van der Waals surface area contributed by atoms with E-state index in [1.165, 1.54) is 0 Å². The number of methoxy groups -OCH3 is 1. The van der Waals surface area contributed by atoms with Crippen LogP contribution in [0.25, 0.3) is 0 Å². The smallest absolute Gasteiger partial charge is 0.0798 e. The van der Waals surface area contributed by atoms with Gasteiger partial charge in [0.25, 0.3) is 0 Å². The Hall–Kier alpha value is -0.510. The lowest BCUT2D eigenvalue weighted by atomic mass is 10.1. The molecule has 0 amide bonds. The zero-order valence-electron chi connectivity index (χ0n) is 9.27. The molecule has 0 saturated carbocycles. The minimum atomic E-state index is -0.351. The Balaban J connectivity index is 2.68. The molecule has 0 bridgehead atoms. The summed E-state index contributed by atoms with van der Waals surface area (Å²) < 4.78 is 5.01. The zero-order chi connectivity index (χ0) is 11.1. The fourth-order valence-corrected chi connectivity index (χ4v) is 2.36. The van der Waals surface area contributed by atoms with Crippen molar-refractivity contribution in [2.24, 2.45) is 0 Å². The van der Waals surface area contributed by atoms with E-state index in [4.69, 9.17) is 4.74 Å². The summed E-state index contributed by atoms with van der Waals surface area (Å²) in [5, 5.41) is 9.82. The van der Waals surface area contributed by atoms with Crippen LogP contribution in [0.3, 0.4) is 0 Å². The van der Waals surface area contributed by atoms with Gasteiger partial charge in [-0.3, -0.25) is 0 Å². The number of benzene rings is 1. The van der Waals surface area contributed by atoms with E-state index >= 15 is 0 Å². The molecule has 1 rings (SSSR count). The Morgan fingerprint density at radius 3 is 2.80 bits per heavy atom. The molecule has 0 radical (unpaired) electrons. The lowest BCUT2D eigenvalue weighted by Crippen LogP contribution is -1.99. The monoisotopic (exact) mass is 226 g/mol. The normalized spacial score (nSPS) is 12.7. The molecule has 2 nitrogen and oxygen atoms in total. The van der Waals surface area contributed by atoms with Crippen LogP contribution in [0.15, 0.2) is 29.2 Å². The van der Waals surface area contributed by atoms with Crippen molar-refractivity contribution in [2.45, 2.75) is 24.3 Å². The molecule has 15 heavy (non-hydrogen) atoms. The minimum Gasteiger partial charge on any atom is -0.388 e. The summed E-state index contributed by atoms with van der Waals surface area (Å²) in [5.74, 6) is 0.921. The van der Waals surface area contributed by atoms with Crippen LogP contribution in [0, 0.1) is 0 Å². The van der Waals surface area contributed by atoms with Gasteiger partial charge < -0.3 is 9.84 Å². The summed E-state index contributed by atoms with van der Waals surface area (Å²) in [4.78, 5) is 1.16. The van der Waals surface area contributed by atoms with E-state index in [1.807, 2.05) is 25.1 Å². The van der Waals surface area contributed by atoms with Gasteiger partial charge in [0, 0.05) is 17.8 Å². The van der Waals surface area contributed by atoms with Crippen molar-refractivity contribution in [3.8, 4) is 0 Å². The van der Waals surface area contributed by atoms with Gasteiger partial charge in [0.15, 0.2) is 0 Å². The van der Waals surface area contributed by atoms with Crippen LogP contribution in [-0.4, -0.2) is 24.6 Å². The molecule has 0 spiro atoms. The first kappa shape index (κ1) is 12.6. The molecule has 1 aromatic carbocycles. The highest BCUT2D eigenvalue weighted by Gasteiger charge is 2.09. The molecular weight excluding hydrogens is 208 g/mol. The Morgan fingerprint density at radius 1 is 1.40 bits per heavy atom. The zero-order valence-corrected chi connectivity index (χ0v) is 10.1. The Kier molecular flexibility index (Phi) is 5.76. The van der Waals surface area contributed by atoms with Crippen molar-refractivity contribution in [2.75, 3.05) is 19.5 Å². The average Bonchev–Trinajstić information content (AvgIpc) is 2.29. The number of aliphatic hydroxyl groups is 1. The molecule has 0 aliphatic heterocycles. The summed E-state index contributed by atoms with van der Waals surface area (Å²) in [6.45, 7) is 2.72. The third-order valence-corrected chi connectivity index (χ3v) is 3.26. The van der Waals surface area contributed by atoms with Crippen LogP contribution in [0.2, 0.25) is 0 Å². The third kappa shape index (κ3) is 3.86. The largest absolute Gasteiger partial charge is 0.388 e. The fraction of sp³-hybridized carbons (Fsp3) is 0.500. The maximum absolute atomic E-state index is 9.82. The maximum atomic E-state index is 9.82. The molecule has 0 fully saturated rings. The van der Waals surface area contributed by atoms with E-state index in [0.717, 1.165) is 29.2 Å². The summed E-state index contributed by atoms with van der Waals surface area (Å²) in [7, 11) is 1.70. The lowest BCUT2D eigenvalue weighted by Gasteiger charge is -2.13. The molecular formula is C12H18O2S. The second-order valence-corrected chi connectivity index (χ2v) is 4.44. The minimum absolute atomic E-state index is 0.351. The van der Waals surface area contributed by atoms with Crippen molar-refractivity contribution in [1.82, 2.24) is 0 Å². The molecule has 0 aliphatic carbocycles. The number of hydrogen-bond acceptors (Lipinski definition) is 3. The van der Waals surface area contributed by atoms with E-state index < -0.39 is 0 Å². The molecule has 0 heterocycles. The van der Waals surface area contributed by atoms with Crippen LogP contribution in [-0.2, 0) is 4.74 Å². The van der Waals surface area contributed by atoms with Gasteiger partial charge in [-0.05, 0) is 18.1 Å². The topological polar surface area (TPSA) is 29.5 Å². The first-order valence-electron chi connectivity index (χ1n) is 5.18. The summed E-state index contributed by atoms with van der Waals surface area (Å²) in [6, 6.07) is 8.01. The molecule has 1 aromatic rings. The van der Waals surface area contributed by atoms with Gasteiger partial charge >= 0.3 is 0 Å². The molecule has 84 valence electrons. The van der Waals surface area contributed by atoms with Gasteiger partial charge in [0.1, 0.15) is 0 Å². The average molecular weight is 226 g/mol. The van der Waals surface area contributed by atoms with Crippen LogP contribution in [0.4, 0.5) is 0 Å². The quantitative estimate of drug-likeness (QED) is 0.597. The fourth-order valence-electron chi connectivity index (χ4n) is 1.34. The Bertz CT molecular complexity index is 289. The molecule has 3 heteroatoms. The second-order valence-electron chi connectivity index (χ2n) is 3.30. The number of aliphatic hydroxyl groups excluding tert-OH is 1. The molecule has 0 aliphatic rings. The predicted octanol–water partition coefficient (Wildman–Crippen LogP) is 2.87. The molecule has 1 atom stereocenters. The van der Waals surface area contributed by atoms with Crippen molar-refractivity contribution in [3.05, 3.63) is 29.8 Å². The standard InChI is InChI=1S/C12H18O2S/c1-3-11(13)10-6-4-5-7-12(10)15-9-8-14-2/h4-7,11,13H,3,8-9H2,1-2H3/t11-/m1/s1. The van der Waals surface area contributed by atoms with Gasteiger partial charge in [-0.2, -0.15) is 0 Å². The second kappa shape index (κ2) is 6.88. The molecule has 0 saturated heterocycles. The van der Waals surface area contributed by atoms with Crippen LogP contribution < -0.4 is 0 Å². The van der Waals surface area contributed by atoms with Gasteiger partial charge in [-0.15, -0.1) is 11.8 Å². The van der Waals surface area contributed by atoms with Crippen LogP contribution in [0.1, 0.15) is 25.0 Å². The summed E-state index contributed by atoms with van der Waals surface area (Å²) in [5.41, 5.74) is 1.03. The molecule has 0 aromatic heterocycles. The van der Waals surface area contributed by atoms with Crippen molar-refractivity contribution in [3.63, 3.8) is 0 Å². The van der Waals surface area contributed by atoms with E-state index in [1.54, 1.807) is 18.9 Å². The summed E-state index contributed by atoms with van der Waals surface area (Å²) >= 11 is 1.73. The first-order chi connectivity index (χ1) is 7.29. The van der Waals surface area contributed by atoms with E-state index in [-0.39, 0.29) is 6.10 Å². The SMILES string of the molecule is CC[C@@H](O)c1ccccc1SCCOC. The van der Waals surface area contributed by atoms with Crippen molar-refractivity contribution in [1.29, 1.82) is 0 Å². The van der Waals surface area contributed by atoms with E-state index in [9.17, 15) is 5.11 Å². The van der Waals surface area contributed by atoms with Gasteiger partial charge in [-0.25, -0.2) is 0 Å². The molecule has 1 N–H and O–H groups in total. The Morgan fingerprint density at radius 2 is 2.13 bits per heavy atom. The third-order valence-electron chi connectivity index (χ3n) is 2.21. The number of hydrogen-bond donors (Lipinski definition) is 1. The number of ether oxygens (including phenoxy) is 1. The van der Waals surface area contributed by atoms with Crippen molar-refractivity contribution >= 4 is 11.8 Å². The highest BCUT2D eigenvalue weighted by Crippen LogP contribution is 2.28. The number of rotatable bonds is 6. The van der Waals surface area contributed by atoms with Gasteiger partial charge in [-0.1, -0.05) is 25.1 Å². The predicted molar refractivity (Wildman–Crippen MR) is 64.3 cm³/mol. The van der Waals surface area contributed by atoms with Crippen molar-refractivity contribution < 1.29 is 9.84 Å². The first-order valence-corrected chi connectivity index (χ1v) is 6.16. The van der Waals surface area contributed by atoms with Gasteiger partial charge in [0.05, 0.1) is 12.7 Å². The van der Waals surface area contributed by atoms with E-state index in [0.29, 0.717) is 0 Å². The maximum Gasteiger partial charge on any atom is 0.0798 e. The highest BCUT2D eigenvalue weighted by atomic mass is 32.2. The van der Waals surface area contributed by atoms with Crippen LogP contribution >= 0.6 is 11.8 Å². The lowest BCUT2D eigenvalue weighted by molar-refractivity contribution is 0.171. The molecule has 0 unspecified atom stereocenters. The van der Waals surface area contributed by atoms with Gasteiger partial charge in [0.2, 0.25) is 0 Å². The van der Waals surface area contributed by atoms with Crippen LogP contribution in [0.5, 0.6) is 0 Å². The highest BCUT2D eigenvalue weighted by molar-refractivity contribution is 7.99. The van der Waals surface area contributed by atoms with E-state index in [2.05, 4.69) is 6.07 Å². The number of thioether (sulfide) groups is 1. The Labute approximate surface area is 95.7 Å². The summed E-state index contributed by atoms with van der Waals surface area (Å²) in [6.07, 6.45) is 0.401.